The van der Waals surface area contributed by atoms with Gasteiger partial charge in [0.05, 0.1) is 5.52 Å². The molecule has 3 nitrogen and oxygen atoms in total. The summed E-state index contributed by atoms with van der Waals surface area (Å²) in [5.41, 5.74) is 1.69. The Morgan fingerprint density at radius 1 is 1.36 bits per heavy atom. The van der Waals surface area contributed by atoms with Crippen LogP contribution in [0.3, 0.4) is 0 Å². The minimum Gasteiger partial charge on any atom is -0.503 e. The van der Waals surface area contributed by atoms with Crippen LogP contribution in [-0.4, -0.2) is 15.2 Å². The number of aromatic nitrogens is 1. The molecule has 0 spiro atoms. The van der Waals surface area contributed by atoms with Gasteiger partial charge in [-0.15, -0.1) is 6.58 Å². The van der Waals surface area contributed by atoms with Crippen LogP contribution >= 0.6 is 0 Å². The van der Waals surface area contributed by atoms with Crippen LogP contribution in [0.4, 0.5) is 0 Å². The van der Waals surface area contributed by atoms with Crippen molar-refractivity contribution in [1.29, 1.82) is 0 Å². The predicted molar refractivity (Wildman–Crippen MR) is 55.5 cm³/mol. The average Bonchev–Trinajstić information content (AvgIpc) is 2.45. The highest BCUT2D eigenvalue weighted by atomic mass is 16.3. The summed E-state index contributed by atoms with van der Waals surface area (Å²) in [6, 6.07) is 5.58. The highest BCUT2D eigenvalue weighted by Crippen LogP contribution is 2.35. The molecule has 0 aliphatic rings. The summed E-state index contributed by atoms with van der Waals surface area (Å²) in [5.74, 6) is -0.269. The van der Waals surface area contributed by atoms with Crippen molar-refractivity contribution in [2.75, 3.05) is 0 Å². The first-order valence-electron chi connectivity index (χ1n) is 4.36. The first kappa shape index (κ1) is 8.69. The minimum atomic E-state index is -0.184. The van der Waals surface area contributed by atoms with E-state index in [1.807, 2.05) is 12.1 Å². The molecule has 0 aliphatic heterocycles. The van der Waals surface area contributed by atoms with Crippen LogP contribution in [0.5, 0.6) is 11.6 Å². The number of hydrogen-bond donors (Lipinski definition) is 3. The van der Waals surface area contributed by atoms with Crippen molar-refractivity contribution in [2.45, 2.75) is 6.42 Å². The molecule has 0 amide bonds. The Labute approximate surface area is 81.3 Å². The van der Waals surface area contributed by atoms with Gasteiger partial charge in [-0.2, -0.15) is 0 Å². The van der Waals surface area contributed by atoms with Crippen molar-refractivity contribution >= 4 is 10.9 Å². The maximum Gasteiger partial charge on any atom is 0.233 e. The molecule has 3 N–H and O–H groups in total. The van der Waals surface area contributed by atoms with Crippen LogP contribution < -0.4 is 0 Å². The van der Waals surface area contributed by atoms with Crippen molar-refractivity contribution in [3.05, 3.63) is 36.4 Å². The van der Waals surface area contributed by atoms with E-state index >= 15 is 0 Å². The molecule has 72 valence electrons. The molecule has 0 fully saturated rings. The third-order valence-corrected chi connectivity index (χ3v) is 2.23. The molecule has 0 unspecified atom stereocenters. The Morgan fingerprint density at radius 3 is 2.86 bits per heavy atom. The van der Waals surface area contributed by atoms with Crippen LogP contribution in [0.25, 0.3) is 10.9 Å². The van der Waals surface area contributed by atoms with E-state index in [0.29, 0.717) is 11.8 Å². The van der Waals surface area contributed by atoms with Crippen LogP contribution in [0.1, 0.15) is 5.56 Å². The lowest BCUT2D eigenvalue weighted by Gasteiger charge is -1.99. The maximum absolute atomic E-state index is 9.59. The number of aromatic amines is 1. The normalized spacial score (nSPS) is 10.6. The Hall–Kier alpha value is -1.90. The number of fused-ring (bicyclic) bond motifs is 1. The van der Waals surface area contributed by atoms with Crippen LogP contribution in [0.15, 0.2) is 30.9 Å². The van der Waals surface area contributed by atoms with E-state index in [4.69, 9.17) is 0 Å². The number of aromatic hydroxyl groups is 2. The standard InChI is InChI=1S/C11H11NO2/c1-2-4-7-5-3-6-8-9(7)10(13)11(14)12-8/h2-3,5-6,12-14H,1,4H2. The number of nitrogens with one attached hydrogen (secondary N) is 1. The van der Waals surface area contributed by atoms with E-state index < -0.39 is 0 Å². The molecular weight excluding hydrogens is 178 g/mol. The third-order valence-electron chi connectivity index (χ3n) is 2.23. The molecule has 0 saturated heterocycles. The van der Waals surface area contributed by atoms with Gasteiger partial charge in [0.2, 0.25) is 5.88 Å². The molecular formula is C11H11NO2. The van der Waals surface area contributed by atoms with E-state index in [0.717, 1.165) is 11.1 Å². The Bertz CT molecular complexity index is 485. The second kappa shape index (κ2) is 3.10. The Balaban J connectivity index is 2.77. The molecule has 0 saturated carbocycles. The van der Waals surface area contributed by atoms with Crippen molar-refractivity contribution in [3.63, 3.8) is 0 Å². The summed E-state index contributed by atoms with van der Waals surface area (Å²) < 4.78 is 0. The molecule has 2 aromatic rings. The summed E-state index contributed by atoms with van der Waals surface area (Å²) in [4.78, 5) is 2.70. The molecule has 14 heavy (non-hydrogen) atoms. The van der Waals surface area contributed by atoms with Gasteiger partial charge in [0.1, 0.15) is 0 Å². The van der Waals surface area contributed by atoms with Crippen molar-refractivity contribution in [1.82, 2.24) is 4.98 Å². The second-order valence-corrected chi connectivity index (χ2v) is 3.15. The van der Waals surface area contributed by atoms with E-state index in [1.165, 1.54) is 0 Å². The molecule has 0 atom stereocenters. The summed E-state index contributed by atoms with van der Waals surface area (Å²) in [6.07, 6.45) is 2.43. The lowest BCUT2D eigenvalue weighted by Crippen LogP contribution is -1.81. The van der Waals surface area contributed by atoms with Crippen molar-refractivity contribution < 1.29 is 10.2 Å². The highest BCUT2D eigenvalue weighted by molar-refractivity contribution is 5.91. The predicted octanol–water partition coefficient (Wildman–Crippen LogP) is 2.31. The average molecular weight is 189 g/mol. The molecule has 2 rings (SSSR count). The van der Waals surface area contributed by atoms with Gasteiger partial charge in [-0.3, -0.25) is 0 Å². The van der Waals surface area contributed by atoms with Gasteiger partial charge >= 0.3 is 0 Å². The zero-order chi connectivity index (χ0) is 10.1. The molecule has 0 bridgehead atoms. The van der Waals surface area contributed by atoms with E-state index in [1.54, 1.807) is 12.1 Å². The number of hydrogen-bond acceptors (Lipinski definition) is 2. The van der Waals surface area contributed by atoms with Gasteiger partial charge < -0.3 is 15.2 Å². The summed E-state index contributed by atoms with van der Waals surface area (Å²) >= 11 is 0. The number of rotatable bonds is 2. The number of benzene rings is 1. The Morgan fingerprint density at radius 2 is 2.14 bits per heavy atom. The number of allylic oxidation sites excluding steroid dienone is 1. The van der Waals surface area contributed by atoms with Crippen molar-refractivity contribution in [2.24, 2.45) is 0 Å². The highest BCUT2D eigenvalue weighted by Gasteiger charge is 2.11. The fourth-order valence-electron chi connectivity index (χ4n) is 1.61. The van der Waals surface area contributed by atoms with Gasteiger partial charge in [-0.05, 0) is 18.1 Å². The zero-order valence-corrected chi connectivity index (χ0v) is 7.62. The van der Waals surface area contributed by atoms with Gasteiger partial charge in [0.15, 0.2) is 5.75 Å². The molecule has 1 aromatic heterocycles. The topological polar surface area (TPSA) is 56.2 Å². The van der Waals surface area contributed by atoms with E-state index in [9.17, 15) is 10.2 Å². The minimum absolute atomic E-state index is 0.0857. The summed E-state index contributed by atoms with van der Waals surface area (Å²) in [6.45, 7) is 3.64. The Kier molecular flexibility index (Phi) is 1.93. The summed E-state index contributed by atoms with van der Waals surface area (Å²) in [7, 11) is 0. The SMILES string of the molecule is C=CCc1cccc2[nH]c(O)c(O)c12. The lowest BCUT2D eigenvalue weighted by atomic mass is 10.1. The smallest absolute Gasteiger partial charge is 0.233 e. The van der Waals surface area contributed by atoms with Crippen molar-refractivity contribution in [3.8, 4) is 11.6 Å². The van der Waals surface area contributed by atoms with E-state index in [-0.39, 0.29) is 11.6 Å². The number of H-pyrrole nitrogens is 1. The lowest BCUT2D eigenvalue weighted by molar-refractivity contribution is 0.398. The molecule has 3 heteroatoms. The summed E-state index contributed by atoms with van der Waals surface area (Å²) in [5, 5.41) is 19.6. The largest absolute Gasteiger partial charge is 0.503 e. The first-order chi connectivity index (χ1) is 6.74. The van der Waals surface area contributed by atoms with Crippen LogP contribution in [0, 0.1) is 0 Å². The zero-order valence-electron chi connectivity index (χ0n) is 7.62. The monoisotopic (exact) mass is 189 g/mol. The molecule has 0 radical (unpaired) electrons. The van der Waals surface area contributed by atoms with Gasteiger partial charge in [0, 0.05) is 5.39 Å². The maximum atomic E-state index is 9.59. The first-order valence-corrected chi connectivity index (χ1v) is 4.36. The van der Waals surface area contributed by atoms with Gasteiger partial charge in [-0.25, -0.2) is 0 Å². The molecule has 1 heterocycles. The third kappa shape index (κ3) is 1.14. The quantitative estimate of drug-likeness (QED) is 0.635. The fraction of sp³-hybridized carbons (Fsp3) is 0.0909. The van der Waals surface area contributed by atoms with Gasteiger partial charge in [0.25, 0.3) is 0 Å². The van der Waals surface area contributed by atoms with Gasteiger partial charge in [-0.1, -0.05) is 18.2 Å². The van der Waals surface area contributed by atoms with Crippen LogP contribution in [-0.2, 0) is 6.42 Å². The molecule has 1 aromatic carbocycles. The van der Waals surface area contributed by atoms with Crippen LogP contribution in [0.2, 0.25) is 0 Å². The second-order valence-electron chi connectivity index (χ2n) is 3.15. The fourth-order valence-corrected chi connectivity index (χ4v) is 1.61. The van der Waals surface area contributed by atoms with E-state index in [2.05, 4.69) is 11.6 Å². The molecule has 0 aliphatic carbocycles.